The van der Waals surface area contributed by atoms with Crippen molar-refractivity contribution in [2.75, 3.05) is 4.90 Å². The topological polar surface area (TPSA) is 29.5 Å². The van der Waals surface area contributed by atoms with Crippen molar-refractivity contribution in [3.8, 4) is 33.4 Å². The van der Waals surface area contributed by atoms with E-state index >= 15 is 0 Å². The molecule has 10 rings (SSSR count). The van der Waals surface area contributed by atoms with Crippen molar-refractivity contribution in [3.63, 3.8) is 0 Å². The maximum absolute atomic E-state index is 6.56. The zero-order valence-corrected chi connectivity index (χ0v) is 27.7. The number of benzene rings is 8. The van der Waals surface area contributed by atoms with Crippen molar-refractivity contribution in [3.05, 3.63) is 188 Å². The van der Waals surface area contributed by atoms with Gasteiger partial charge in [0, 0.05) is 33.1 Å². The minimum absolute atomic E-state index is 0.811. The first kappa shape index (κ1) is 29.1. The molecular formula is C48H31NO2. The Balaban J connectivity index is 1.19. The maximum atomic E-state index is 6.56. The zero-order valence-electron chi connectivity index (χ0n) is 27.7. The van der Waals surface area contributed by atoms with Crippen LogP contribution in [-0.2, 0) is 0 Å². The summed E-state index contributed by atoms with van der Waals surface area (Å²) in [5, 5.41) is 4.23. The van der Waals surface area contributed by atoms with E-state index in [1.807, 2.05) is 12.1 Å². The molecule has 0 saturated heterocycles. The van der Waals surface area contributed by atoms with Crippen molar-refractivity contribution in [2.45, 2.75) is 0 Å². The predicted molar refractivity (Wildman–Crippen MR) is 212 cm³/mol. The van der Waals surface area contributed by atoms with Gasteiger partial charge in [-0.3, -0.25) is 0 Å². The van der Waals surface area contributed by atoms with Crippen molar-refractivity contribution in [1.29, 1.82) is 0 Å². The van der Waals surface area contributed by atoms with E-state index in [1.54, 1.807) is 0 Å². The molecule has 0 radical (unpaired) electrons. The van der Waals surface area contributed by atoms with Crippen molar-refractivity contribution < 1.29 is 8.83 Å². The molecule has 51 heavy (non-hydrogen) atoms. The Morgan fingerprint density at radius 2 is 0.843 bits per heavy atom. The highest BCUT2D eigenvalue weighted by Gasteiger charge is 2.22. The second-order valence-electron chi connectivity index (χ2n) is 12.9. The molecule has 0 aliphatic heterocycles. The Morgan fingerprint density at radius 3 is 1.53 bits per heavy atom. The molecule has 0 amide bonds. The van der Waals surface area contributed by atoms with Gasteiger partial charge in [0.1, 0.15) is 22.3 Å². The minimum Gasteiger partial charge on any atom is -0.456 e. The molecule has 0 spiro atoms. The average molecular weight is 654 g/mol. The van der Waals surface area contributed by atoms with Gasteiger partial charge >= 0.3 is 0 Å². The Hall–Kier alpha value is -6.84. The molecule has 240 valence electrons. The quantitative estimate of drug-likeness (QED) is 0.179. The normalized spacial score (nSPS) is 11.5. The Kier molecular flexibility index (Phi) is 6.81. The Bertz CT molecular complexity index is 2750. The Morgan fingerprint density at radius 1 is 0.314 bits per heavy atom. The summed E-state index contributed by atoms with van der Waals surface area (Å²) in [6.45, 7) is 0. The summed E-state index contributed by atoms with van der Waals surface area (Å²) in [5.41, 5.74) is 13.5. The molecule has 8 aromatic carbocycles. The van der Waals surface area contributed by atoms with Crippen molar-refractivity contribution in [2.24, 2.45) is 0 Å². The molecule has 0 N–H and O–H groups in total. The number of nitrogens with zero attached hydrogens (tertiary/aromatic N) is 1. The monoisotopic (exact) mass is 653 g/mol. The van der Waals surface area contributed by atoms with Crippen molar-refractivity contribution >= 4 is 60.9 Å². The molecule has 0 unspecified atom stereocenters. The average Bonchev–Trinajstić information content (AvgIpc) is 3.78. The summed E-state index contributed by atoms with van der Waals surface area (Å²) in [7, 11) is 0. The van der Waals surface area contributed by atoms with E-state index < -0.39 is 0 Å². The van der Waals surface area contributed by atoms with Gasteiger partial charge in [-0.25, -0.2) is 0 Å². The summed E-state index contributed by atoms with van der Waals surface area (Å²) in [4.78, 5) is 2.36. The van der Waals surface area contributed by atoms with Gasteiger partial charge in [-0.15, -0.1) is 0 Å². The molecule has 0 aliphatic carbocycles. The van der Waals surface area contributed by atoms with E-state index in [1.165, 1.54) is 22.3 Å². The van der Waals surface area contributed by atoms with E-state index in [2.05, 4.69) is 181 Å². The van der Waals surface area contributed by atoms with Gasteiger partial charge < -0.3 is 13.7 Å². The van der Waals surface area contributed by atoms with Crippen LogP contribution in [0.5, 0.6) is 0 Å². The number of hydrogen-bond donors (Lipinski definition) is 0. The lowest BCUT2D eigenvalue weighted by Gasteiger charge is -2.28. The molecule has 3 heteroatoms. The van der Waals surface area contributed by atoms with E-state index in [4.69, 9.17) is 8.83 Å². The molecule has 0 aliphatic rings. The number of para-hydroxylation sites is 2. The first-order valence-electron chi connectivity index (χ1n) is 17.3. The van der Waals surface area contributed by atoms with E-state index in [0.29, 0.717) is 0 Å². The van der Waals surface area contributed by atoms with Crippen LogP contribution in [-0.4, -0.2) is 0 Å². The van der Waals surface area contributed by atoms with Crippen LogP contribution in [0, 0.1) is 0 Å². The fourth-order valence-electron chi connectivity index (χ4n) is 7.50. The molecule has 0 fully saturated rings. The molecule has 2 heterocycles. The van der Waals surface area contributed by atoms with E-state index in [9.17, 15) is 0 Å². The second-order valence-corrected chi connectivity index (χ2v) is 12.9. The molecule has 0 bridgehead atoms. The highest BCUT2D eigenvalue weighted by atomic mass is 16.3. The van der Waals surface area contributed by atoms with Crippen LogP contribution in [0.2, 0.25) is 0 Å². The fraction of sp³-hybridized carbons (Fsp3) is 0. The third-order valence-electron chi connectivity index (χ3n) is 9.91. The predicted octanol–water partition coefficient (Wildman–Crippen LogP) is 14.0. The van der Waals surface area contributed by atoms with Crippen molar-refractivity contribution in [1.82, 2.24) is 0 Å². The second kappa shape index (κ2) is 11.9. The molecule has 0 atom stereocenters. The number of fused-ring (bicyclic) bond motifs is 7. The molecule has 2 aromatic heterocycles. The molecule has 10 aromatic rings. The smallest absolute Gasteiger partial charge is 0.147 e. The van der Waals surface area contributed by atoms with Crippen LogP contribution in [0.3, 0.4) is 0 Å². The van der Waals surface area contributed by atoms with Gasteiger partial charge in [0.2, 0.25) is 0 Å². The molecular weight excluding hydrogens is 623 g/mol. The summed E-state index contributed by atoms with van der Waals surface area (Å²) in [6, 6.07) is 66.2. The summed E-state index contributed by atoms with van der Waals surface area (Å²) < 4.78 is 13.1. The number of anilines is 3. The summed E-state index contributed by atoms with van der Waals surface area (Å²) >= 11 is 0. The third-order valence-corrected chi connectivity index (χ3v) is 9.91. The lowest BCUT2D eigenvalue weighted by atomic mass is 9.96. The van der Waals surface area contributed by atoms with Gasteiger partial charge in [-0.05, 0) is 82.4 Å². The van der Waals surface area contributed by atoms with Crippen LogP contribution in [0.1, 0.15) is 0 Å². The molecule has 3 nitrogen and oxygen atoms in total. The number of hydrogen-bond acceptors (Lipinski definition) is 3. The van der Waals surface area contributed by atoms with Crippen LogP contribution in [0.25, 0.3) is 77.3 Å². The standard InChI is InChI=1S/C48H31NO2/c1-3-12-32(13-4-1)34-22-26-36(27-23-34)49(37-28-24-35(25-29-37)33-14-5-2-6-15-33)42-19-9-7-16-38(42)40-18-11-21-44-46(40)47-45(50-44)31-30-41-39-17-8-10-20-43(39)51-48(41)47/h1-31H. The Labute approximate surface area is 295 Å². The highest BCUT2D eigenvalue weighted by molar-refractivity contribution is 6.25. The number of rotatable bonds is 6. The van der Waals surface area contributed by atoms with Gasteiger partial charge in [0.05, 0.1) is 11.1 Å². The van der Waals surface area contributed by atoms with Gasteiger partial charge in [-0.2, -0.15) is 0 Å². The minimum atomic E-state index is 0.811. The third kappa shape index (κ3) is 4.90. The lowest BCUT2D eigenvalue weighted by molar-refractivity contribution is 0.663. The zero-order chi connectivity index (χ0) is 33.7. The first-order chi connectivity index (χ1) is 25.3. The molecule has 0 saturated carbocycles. The van der Waals surface area contributed by atoms with E-state index in [-0.39, 0.29) is 0 Å². The largest absolute Gasteiger partial charge is 0.456 e. The summed E-state index contributed by atoms with van der Waals surface area (Å²) in [6.07, 6.45) is 0. The van der Waals surface area contributed by atoms with Crippen LogP contribution in [0.4, 0.5) is 17.1 Å². The lowest BCUT2D eigenvalue weighted by Crippen LogP contribution is -2.11. The van der Waals surface area contributed by atoms with Gasteiger partial charge in [-0.1, -0.05) is 133 Å². The first-order valence-corrected chi connectivity index (χ1v) is 17.3. The van der Waals surface area contributed by atoms with Crippen LogP contribution in [0.15, 0.2) is 197 Å². The van der Waals surface area contributed by atoms with Crippen LogP contribution >= 0.6 is 0 Å². The van der Waals surface area contributed by atoms with Crippen LogP contribution < -0.4 is 4.90 Å². The van der Waals surface area contributed by atoms with Gasteiger partial charge in [0.25, 0.3) is 0 Å². The van der Waals surface area contributed by atoms with Gasteiger partial charge in [0.15, 0.2) is 0 Å². The highest BCUT2D eigenvalue weighted by Crippen LogP contribution is 2.47. The van der Waals surface area contributed by atoms with E-state index in [0.717, 1.165) is 72.1 Å². The maximum Gasteiger partial charge on any atom is 0.147 e. The summed E-state index contributed by atoms with van der Waals surface area (Å²) in [5.74, 6) is 0. The SMILES string of the molecule is c1ccc(-c2ccc(N(c3ccc(-c4ccccc4)cc3)c3ccccc3-c3cccc4oc5ccc6c7ccccc7oc6c5c34)cc2)cc1. The fourth-order valence-corrected chi connectivity index (χ4v) is 7.50. The number of furan rings is 2.